The van der Waals surface area contributed by atoms with Crippen LogP contribution in [0.3, 0.4) is 0 Å². The lowest BCUT2D eigenvalue weighted by atomic mass is 9.97. The fraction of sp³-hybridized carbons (Fsp3) is 0.190. The Bertz CT molecular complexity index is 815. The van der Waals surface area contributed by atoms with Crippen molar-refractivity contribution in [1.29, 1.82) is 0 Å². The predicted molar refractivity (Wildman–Crippen MR) is 95.9 cm³/mol. The average Bonchev–Trinajstić information content (AvgIpc) is 2.59. The van der Waals surface area contributed by atoms with Gasteiger partial charge in [-0.2, -0.15) is 0 Å². The molecule has 0 amide bonds. The summed E-state index contributed by atoms with van der Waals surface area (Å²) in [6.07, 6.45) is 6.45. The number of hydrogen-bond donors (Lipinski definition) is 0. The maximum absolute atomic E-state index is 4.70. The number of aryl methyl sites for hydroxylation is 1. The number of fused-ring (bicyclic) bond motifs is 1. The molecule has 0 saturated carbocycles. The van der Waals surface area contributed by atoms with Gasteiger partial charge in [-0.25, -0.2) is 4.98 Å². The molecule has 0 aliphatic heterocycles. The second kappa shape index (κ2) is 6.57. The van der Waals surface area contributed by atoms with Crippen molar-refractivity contribution in [3.8, 4) is 0 Å². The first kappa shape index (κ1) is 14.5. The molecule has 0 saturated heterocycles. The topological polar surface area (TPSA) is 12.9 Å². The van der Waals surface area contributed by atoms with E-state index in [1.54, 1.807) is 0 Å². The molecule has 0 aliphatic carbocycles. The van der Waals surface area contributed by atoms with E-state index in [4.69, 9.17) is 4.98 Å². The molecule has 0 unspecified atom stereocenters. The van der Waals surface area contributed by atoms with Crippen LogP contribution in [0.25, 0.3) is 23.1 Å². The number of benzene rings is 2. The number of para-hydroxylation sites is 1. The highest BCUT2D eigenvalue weighted by molar-refractivity contribution is 5.81. The Balaban J connectivity index is 1.96. The van der Waals surface area contributed by atoms with Gasteiger partial charge in [0.2, 0.25) is 0 Å². The minimum absolute atomic E-state index is 1.00. The van der Waals surface area contributed by atoms with Gasteiger partial charge < -0.3 is 0 Å². The second-order valence-electron chi connectivity index (χ2n) is 5.45. The maximum Gasteiger partial charge on any atom is 0.0709 e. The third-order valence-electron chi connectivity index (χ3n) is 4.10. The number of nitrogens with zero attached hydrogens (tertiary/aromatic N) is 1. The van der Waals surface area contributed by atoms with Crippen molar-refractivity contribution in [2.45, 2.75) is 26.7 Å². The average molecular weight is 287 g/mol. The molecule has 0 bridgehead atoms. The van der Waals surface area contributed by atoms with Crippen molar-refractivity contribution in [2.24, 2.45) is 0 Å². The number of pyridine rings is 1. The van der Waals surface area contributed by atoms with E-state index in [1.807, 2.05) is 12.1 Å². The molecule has 0 atom stereocenters. The Morgan fingerprint density at radius 1 is 0.818 bits per heavy atom. The number of aromatic nitrogens is 1. The molecular weight excluding hydrogens is 266 g/mol. The summed E-state index contributed by atoms with van der Waals surface area (Å²) in [5, 5.41) is 1.18. The van der Waals surface area contributed by atoms with Gasteiger partial charge in [0.15, 0.2) is 0 Å². The van der Waals surface area contributed by atoms with Gasteiger partial charge in [0.05, 0.1) is 11.2 Å². The van der Waals surface area contributed by atoms with Gasteiger partial charge in [-0.05, 0) is 47.7 Å². The minimum atomic E-state index is 1.00. The van der Waals surface area contributed by atoms with Crippen LogP contribution in [0.5, 0.6) is 0 Å². The van der Waals surface area contributed by atoms with Crippen molar-refractivity contribution in [2.75, 3.05) is 0 Å². The van der Waals surface area contributed by atoms with Crippen LogP contribution in [0.15, 0.2) is 54.6 Å². The van der Waals surface area contributed by atoms with Crippen molar-refractivity contribution in [3.05, 3.63) is 77.0 Å². The van der Waals surface area contributed by atoms with Crippen molar-refractivity contribution in [1.82, 2.24) is 4.98 Å². The standard InChI is InChI=1S/C21H21N/c1-3-16-9-7-10-17(20(16)4-2)12-14-19-15-13-18-8-5-6-11-21(18)22-19/h5-15H,3-4H2,1-2H3/b14-12+. The number of hydrogen-bond acceptors (Lipinski definition) is 1. The van der Waals surface area contributed by atoms with Gasteiger partial charge in [0.25, 0.3) is 0 Å². The Morgan fingerprint density at radius 3 is 2.50 bits per heavy atom. The highest BCUT2D eigenvalue weighted by Gasteiger charge is 2.03. The van der Waals surface area contributed by atoms with Crippen LogP contribution in [0.2, 0.25) is 0 Å². The summed E-state index contributed by atoms with van der Waals surface area (Å²) in [5.74, 6) is 0. The maximum atomic E-state index is 4.70. The lowest BCUT2D eigenvalue weighted by Gasteiger charge is -2.09. The monoisotopic (exact) mass is 287 g/mol. The Hall–Kier alpha value is -2.41. The van der Waals surface area contributed by atoms with E-state index in [-0.39, 0.29) is 0 Å². The van der Waals surface area contributed by atoms with Gasteiger partial charge in [0.1, 0.15) is 0 Å². The normalized spacial score (nSPS) is 11.4. The van der Waals surface area contributed by atoms with E-state index >= 15 is 0 Å². The van der Waals surface area contributed by atoms with Gasteiger partial charge in [-0.3, -0.25) is 0 Å². The molecule has 0 aliphatic rings. The van der Waals surface area contributed by atoms with Crippen LogP contribution in [0, 0.1) is 0 Å². The van der Waals surface area contributed by atoms with Crippen molar-refractivity contribution < 1.29 is 0 Å². The summed E-state index contributed by atoms with van der Waals surface area (Å²) in [5.41, 5.74) is 6.24. The first-order chi connectivity index (χ1) is 10.8. The zero-order valence-electron chi connectivity index (χ0n) is 13.2. The molecule has 1 nitrogen and oxygen atoms in total. The Morgan fingerprint density at radius 2 is 1.68 bits per heavy atom. The highest BCUT2D eigenvalue weighted by Crippen LogP contribution is 2.19. The van der Waals surface area contributed by atoms with Crippen LogP contribution in [0.4, 0.5) is 0 Å². The van der Waals surface area contributed by atoms with Gasteiger partial charge in [-0.1, -0.05) is 62.4 Å². The molecule has 22 heavy (non-hydrogen) atoms. The number of rotatable bonds is 4. The molecule has 2 aromatic carbocycles. The quantitative estimate of drug-likeness (QED) is 0.615. The molecule has 0 N–H and O–H groups in total. The zero-order valence-corrected chi connectivity index (χ0v) is 13.2. The van der Waals surface area contributed by atoms with Gasteiger partial charge in [-0.15, -0.1) is 0 Å². The lowest BCUT2D eigenvalue weighted by molar-refractivity contribution is 1.03. The summed E-state index contributed by atoms with van der Waals surface area (Å²) in [7, 11) is 0. The highest BCUT2D eigenvalue weighted by atomic mass is 14.7. The minimum Gasteiger partial charge on any atom is -0.248 e. The molecule has 110 valence electrons. The smallest absolute Gasteiger partial charge is 0.0709 e. The van der Waals surface area contributed by atoms with Crippen LogP contribution >= 0.6 is 0 Å². The van der Waals surface area contributed by atoms with Crippen LogP contribution in [0.1, 0.15) is 36.2 Å². The summed E-state index contributed by atoms with van der Waals surface area (Å²) >= 11 is 0. The van der Waals surface area contributed by atoms with Crippen molar-refractivity contribution in [3.63, 3.8) is 0 Å². The molecule has 0 radical (unpaired) electrons. The SMILES string of the molecule is CCc1cccc(/C=C/c2ccc3ccccc3n2)c1CC. The summed E-state index contributed by atoms with van der Waals surface area (Å²) in [6, 6.07) is 19.0. The van der Waals surface area contributed by atoms with Crippen LogP contribution in [-0.2, 0) is 12.8 Å². The van der Waals surface area contributed by atoms with E-state index in [1.165, 1.54) is 22.1 Å². The largest absolute Gasteiger partial charge is 0.248 e. The summed E-state index contributed by atoms with van der Waals surface area (Å²) in [4.78, 5) is 4.70. The van der Waals surface area contributed by atoms with E-state index in [9.17, 15) is 0 Å². The fourth-order valence-electron chi connectivity index (χ4n) is 2.92. The molecule has 1 aromatic heterocycles. The molecule has 0 spiro atoms. The van der Waals surface area contributed by atoms with E-state index < -0.39 is 0 Å². The second-order valence-corrected chi connectivity index (χ2v) is 5.45. The molecule has 0 fully saturated rings. The van der Waals surface area contributed by atoms with Gasteiger partial charge >= 0.3 is 0 Å². The van der Waals surface area contributed by atoms with Crippen molar-refractivity contribution >= 4 is 23.1 Å². The third-order valence-corrected chi connectivity index (χ3v) is 4.10. The Labute approximate surface area is 132 Å². The third kappa shape index (κ3) is 2.94. The molecular formula is C21H21N. The fourth-order valence-corrected chi connectivity index (χ4v) is 2.92. The zero-order chi connectivity index (χ0) is 15.4. The van der Waals surface area contributed by atoms with E-state index in [0.29, 0.717) is 0 Å². The Kier molecular flexibility index (Phi) is 4.34. The van der Waals surface area contributed by atoms with Crippen LogP contribution < -0.4 is 0 Å². The van der Waals surface area contributed by atoms with E-state index in [0.717, 1.165) is 24.1 Å². The summed E-state index contributed by atoms with van der Waals surface area (Å²) in [6.45, 7) is 4.44. The summed E-state index contributed by atoms with van der Waals surface area (Å²) < 4.78 is 0. The first-order valence-corrected chi connectivity index (χ1v) is 7.96. The molecule has 1 heterocycles. The molecule has 1 heteroatoms. The van der Waals surface area contributed by atoms with Crippen LogP contribution in [-0.4, -0.2) is 4.98 Å². The lowest BCUT2D eigenvalue weighted by Crippen LogP contribution is -1.94. The molecule has 3 aromatic rings. The van der Waals surface area contributed by atoms with E-state index in [2.05, 4.69) is 68.5 Å². The predicted octanol–water partition coefficient (Wildman–Crippen LogP) is 5.53. The first-order valence-electron chi connectivity index (χ1n) is 7.96. The molecule has 3 rings (SSSR count). The van der Waals surface area contributed by atoms with Gasteiger partial charge in [0, 0.05) is 5.39 Å².